The maximum Gasteiger partial charge on any atom is 0.0928 e. The third kappa shape index (κ3) is 2.93. The molecule has 0 fully saturated rings. The molecule has 0 aromatic heterocycles. The summed E-state index contributed by atoms with van der Waals surface area (Å²) in [4.78, 5) is 5.09. The van der Waals surface area contributed by atoms with E-state index in [1.54, 1.807) is 0 Å². The van der Waals surface area contributed by atoms with Crippen LogP contribution in [0.1, 0.15) is 22.7 Å². The van der Waals surface area contributed by atoms with E-state index in [9.17, 15) is 0 Å². The van der Waals surface area contributed by atoms with Crippen molar-refractivity contribution in [2.45, 2.75) is 6.04 Å². The summed E-state index contributed by atoms with van der Waals surface area (Å²) in [5.41, 5.74) is 5.41. The zero-order valence-electron chi connectivity index (χ0n) is 13.1. The Morgan fingerprint density at radius 3 is 2.33 bits per heavy atom. The average Bonchev–Trinajstić information content (AvgIpc) is 2.83. The van der Waals surface area contributed by atoms with Crippen LogP contribution in [0.4, 0.5) is 5.69 Å². The second-order valence-electron chi connectivity index (χ2n) is 5.84. The fourth-order valence-corrected chi connectivity index (χ4v) is 3.21. The van der Waals surface area contributed by atoms with Gasteiger partial charge in [0.2, 0.25) is 0 Å². The number of benzodiazepines with no additional fused rings is 1. The van der Waals surface area contributed by atoms with Gasteiger partial charge in [-0.2, -0.15) is 0 Å². The molecule has 0 saturated heterocycles. The molecular formula is C21H17ClN2. The van der Waals surface area contributed by atoms with E-state index in [1.165, 1.54) is 5.56 Å². The molecule has 118 valence electrons. The lowest BCUT2D eigenvalue weighted by Gasteiger charge is -2.12. The van der Waals surface area contributed by atoms with Crippen LogP contribution in [0, 0.1) is 0 Å². The molecule has 1 N–H and O–H groups in total. The van der Waals surface area contributed by atoms with E-state index >= 15 is 0 Å². The van der Waals surface area contributed by atoms with Crippen LogP contribution in [-0.4, -0.2) is 12.3 Å². The van der Waals surface area contributed by atoms with Gasteiger partial charge in [0.15, 0.2) is 0 Å². The minimum absolute atomic E-state index is 0.0626. The molecule has 0 radical (unpaired) electrons. The van der Waals surface area contributed by atoms with Gasteiger partial charge in [0.25, 0.3) is 0 Å². The first-order valence-corrected chi connectivity index (χ1v) is 8.41. The smallest absolute Gasteiger partial charge is 0.0928 e. The zero-order valence-corrected chi connectivity index (χ0v) is 13.9. The second kappa shape index (κ2) is 6.50. The molecule has 0 bridgehead atoms. The van der Waals surface area contributed by atoms with E-state index in [1.807, 2.05) is 42.5 Å². The summed E-state index contributed by atoms with van der Waals surface area (Å²) < 4.78 is 0. The monoisotopic (exact) mass is 332 g/mol. The SMILES string of the molecule is Clc1ccc2c(c1)C(c1ccccc1)=NC(c1ccccc1)CN2. The maximum absolute atomic E-state index is 6.25. The van der Waals surface area contributed by atoms with Crippen molar-refractivity contribution in [1.29, 1.82) is 0 Å². The maximum atomic E-state index is 6.25. The normalized spacial score (nSPS) is 16.5. The van der Waals surface area contributed by atoms with Gasteiger partial charge in [0.05, 0.1) is 11.8 Å². The van der Waals surface area contributed by atoms with Gasteiger partial charge in [-0.05, 0) is 23.8 Å². The largest absolute Gasteiger partial charge is 0.382 e. The Morgan fingerprint density at radius 2 is 1.58 bits per heavy atom. The summed E-state index contributed by atoms with van der Waals surface area (Å²) in [5.74, 6) is 0. The van der Waals surface area contributed by atoms with Crippen molar-refractivity contribution in [3.8, 4) is 0 Å². The van der Waals surface area contributed by atoms with E-state index in [0.29, 0.717) is 0 Å². The second-order valence-corrected chi connectivity index (χ2v) is 6.28. The van der Waals surface area contributed by atoms with Crippen molar-refractivity contribution in [3.63, 3.8) is 0 Å². The molecule has 2 nitrogen and oxygen atoms in total. The number of anilines is 1. The number of benzene rings is 3. The summed E-state index contributed by atoms with van der Waals surface area (Å²) in [6.45, 7) is 0.759. The number of fused-ring (bicyclic) bond motifs is 1. The van der Waals surface area contributed by atoms with Crippen LogP contribution in [0.15, 0.2) is 83.9 Å². The van der Waals surface area contributed by atoms with Gasteiger partial charge in [0.1, 0.15) is 0 Å². The van der Waals surface area contributed by atoms with Gasteiger partial charge in [-0.3, -0.25) is 4.99 Å². The van der Waals surface area contributed by atoms with E-state index in [-0.39, 0.29) is 6.04 Å². The highest BCUT2D eigenvalue weighted by Gasteiger charge is 2.20. The van der Waals surface area contributed by atoms with Crippen molar-refractivity contribution >= 4 is 23.0 Å². The van der Waals surface area contributed by atoms with Crippen molar-refractivity contribution in [1.82, 2.24) is 0 Å². The van der Waals surface area contributed by atoms with Crippen molar-refractivity contribution < 1.29 is 0 Å². The van der Waals surface area contributed by atoms with Gasteiger partial charge < -0.3 is 5.32 Å². The molecule has 4 rings (SSSR count). The van der Waals surface area contributed by atoms with Crippen LogP contribution in [0.25, 0.3) is 0 Å². The fraction of sp³-hybridized carbons (Fsp3) is 0.0952. The molecule has 1 atom stereocenters. The molecule has 0 spiro atoms. The predicted molar refractivity (Wildman–Crippen MR) is 101 cm³/mol. The summed E-state index contributed by atoms with van der Waals surface area (Å²) in [6.07, 6.45) is 0. The fourth-order valence-electron chi connectivity index (χ4n) is 3.04. The van der Waals surface area contributed by atoms with E-state index in [4.69, 9.17) is 16.6 Å². The topological polar surface area (TPSA) is 24.4 Å². The molecular weight excluding hydrogens is 316 g/mol. The number of aliphatic imine (C=N–C) groups is 1. The van der Waals surface area contributed by atoms with Crippen LogP contribution >= 0.6 is 11.6 Å². The molecule has 3 aromatic rings. The van der Waals surface area contributed by atoms with E-state index in [2.05, 4.69) is 41.7 Å². The first-order valence-electron chi connectivity index (χ1n) is 8.03. The van der Waals surface area contributed by atoms with Crippen molar-refractivity contribution in [2.24, 2.45) is 4.99 Å². The lowest BCUT2D eigenvalue weighted by molar-refractivity contribution is 0.773. The van der Waals surface area contributed by atoms with Crippen LogP contribution in [-0.2, 0) is 0 Å². The molecule has 0 aliphatic carbocycles. The minimum atomic E-state index is 0.0626. The third-order valence-electron chi connectivity index (χ3n) is 4.24. The number of nitrogens with zero attached hydrogens (tertiary/aromatic N) is 1. The molecule has 1 heterocycles. The lowest BCUT2D eigenvalue weighted by Crippen LogP contribution is -2.09. The first-order chi connectivity index (χ1) is 11.8. The van der Waals surface area contributed by atoms with Crippen molar-refractivity contribution in [2.75, 3.05) is 11.9 Å². The number of hydrogen-bond acceptors (Lipinski definition) is 2. The predicted octanol–water partition coefficient (Wildman–Crippen LogP) is 5.34. The summed E-state index contributed by atoms with van der Waals surface area (Å²) in [5, 5.41) is 4.25. The first kappa shape index (κ1) is 15.0. The highest BCUT2D eigenvalue weighted by molar-refractivity contribution is 6.31. The molecule has 1 aliphatic heterocycles. The Morgan fingerprint density at radius 1 is 0.875 bits per heavy atom. The number of halogens is 1. The van der Waals surface area contributed by atoms with Crippen molar-refractivity contribution in [3.05, 3.63) is 101 Å². The van der Waals surface area contributed by atoms with E-state index in [0.717, 1.165) is 34.1 Å². The molecule has 1 unspecified atom stereocenters. The molecule has 3 heteroatoms. The Labute approximate surface area is 146 Å². The number of hydrogen-bond donors (Lipinski definition) is 1. The van der Waals surface area contributed by atoms with Gasteiger partial charge in [0, 0.05) is 28.4 Å². The standard InChI is InChI=1S/C21H17ClN2/c22-17-11-12-19-18(13-17)21(16-9-5-2-6-10-16)24-20(14-23-19)15-7-3-1-4-8-15/h1-13,20,23H,14H2. The van der Waals surface area contributed by atoms with E-state index < -0.39 is 0 Å². The Kier molecular flexibility index (Phi) is 4.06. The Bertz CT molecular complexity index is 873. The Hall–Kier alpha value is -2.58. The molecule has 0 saturated carbocycles. The highest BCUT2D eigenvalue weighted by atomic mass is 35.5. The summed E-state index contributed by atoms with van der Waals surface area (Å²) in [7, 11) is 0. The molecule has 24 heavy (non-hydrogen) atoms. The van der Waals surface area contributed by atoms with Gasteiger partial charge in [-0.15, -0.1) is 0 Å². The lowest BCUT2D eigenvalue weighted by atomic mass is 10.0. The Balaban J connectivity index is 1.88. The molecule has 1 aliphatic rings. The number of nitrogens with one attached hydrogen (secondary N) is 1. The van der Waals surface area contributed by atoms with Crippen LogP contribution in [0.5, 0.6) is 0 Å². The van der Waals surface area contributed by atoms with Gasteiger partial charge in [-0.25, -0.2) is 0 Å². The minimum Gasteiger partial charge on any atom is -0.382 e. The summed E-state index contributed by atoms with van der Waals surface area (Å²) >= 11 is 6.25. The average molecular weight is 333 g/mol. The van der Waals surface area contributed by atoms with Gasteiger partial charge >= 0.3 is 0 Å². The van der Waals surface area contributed by atoms with Crippen LogP contribution in [0.3, 0.4) is 0 Å². The van der Waals surface area contributed by atoms with Gasteiger partial charge in [-0.1, -0.05) is 72.3 Å². The zero-order chi connectivity index (χ0) is 16.4. The quantitative estimate of drug-likeness (QED) is 0.672. The summed E-state index contributed by atoms with van der Waals surface area (Å²) in [6, 6.07) is 26.7. The number of rotatable bonds is 2. The molecule has 0 amide bonds. The van der Waals surface area contributed by atoms with Crippen LogP contribution in [0.2, 0.25) is 5.02 Å². The highest BCUT2D eigenvalue weighted by Crippen LogP contribution is 2.30. The third-order valence-corrected chi connectivity index (χ3v) is 4.47. The van der Waals surface area contributed by atoms with Crippen LogP contribution < -0.4 is 5.32 Å². The molecule has 3 aromatic carbocycles.